The van der Waals surface area contributed by atoms with Crippen LogP contribution in [0, 0.1) is 0 Å². The molecule has 2 aromatic rings. The molecule has 164 valence electrons. The van der Waals surface area contributed by atoms with Gasteiger partial charge in [0.15, 0.2) is 5.16 Å². The Kier molecular flexibility index (Phi) is 7.30. The van der Waals surface area contributed by atoms with Crippen LogP contribution in [0.15, 0.2) is 23.4 Å². The van der Waals surface area contributed by atoms with Gasteiger partial charge in [0, 0.05) is 12.5 Å². The molecule has 1 aliphatic rings. The molecule has 1 unspecified atom stereocenters. The molecule has 1 aromatic carbocycles. The molecule has 2 heterocycles. The second kappa shape index (κ2) is 9.57. The van der Waals surface area contributed by atoms with Crippen molar-refractivity contribution in [3.8, 4) is 0 Å². The summed E-state index contributed by atoms with van der Waals surface area (Å²) in [7, 11) is 0. The smallest absolute Gasteiger partial charge is 0.376 e. The summed E-state index contributed by atoms with van der Waals surface area (Å²) in [4.78, 5) is 12.3. The van der Waals surface area contributed by atoms with Crippen LogP contribution in [0.3, 0.4) is 0 Å². The van der Waals surface area contributed by atoms with E-state index in [1.54, 1.807) is 0 Å². The van der Waals surface area contributed by atoms with E-state index < -0.39 is 17.6 Å². The van der Waals surface area contributed by atoms with Crippen LogP contribution in [0.4, 0.5) is 18.9 Å². The maximum absolute atomic E-state index is 12.9. The van der Waals surface area contributed by atoms with Crippen molar-refractivity contribution in [2.75, 3.05) is 17.7 Å². The topological polar surface area (TPSA) is 69.0 Å². The Bertz CT molecular complexity index is 898. The summed E-state index contributed by atoms with van der Waals surface area (Å²) in [6, 6.07) is 2.80. The highest BCUT2D eigenvalue weighted by molar-refractivity contribution is 7.99. The van der Waals surface area contributed by atoms with Gasteiger partial charge >= 0.3 is 6.18 Å². The number of rotatable bonds is 7. The first kappa shape index (κ1) is 22.9. The molecule has 0 saturated carbocycles. The van der Waals surface area contributed by atoms with Crippen LogP contribution in [0.2, 0.25) is 5.02 Å². The number of halogens is 4. The van der Waals surface area contributed by atoms with Gasteiger partial charge in [-0.15, -0.1) is 10.2 Å². The van der Waals surface area contributed by atoms with Crippen molar-refractivity contribution in [3.63, 3.8) is 0 Å². The third-order valence-corrected chi connectivity index (χ3v) is 5.87. The third kappa shape index (κ3) is 5.67. The zero-order valence-corrected chi connectivity index (χ0v) is 18.1. The lowest BCUT2D eigenvalue weighted by Crippen LogP contribution is -2.19. The molecule has 1 aromatic heterocycles. The molecule has 11 heteroatoms. The fourth-order valence-corrected chi connectivity index (χ4v) is 4.03. The second-order valence-corrected chi connectivity index (χ2v) is 8.62. The third-order valence-electron chi connectivity index (χ3n) is 4.57. The van der Waals surface area contributed by atoms with Crippen LogP contribution in [0.25, 0.3) is 0 Å². The van der Waals surface area contributed by atoms with Gasteiger partial charge in [0.1, 0.15) is 5.82 Å². The van der Waals surface area contributed by atoms with Gasteiger partial charge in [-0.2, -0.15) is 13.2 Å². The largest absolute Gasteiger partial charge is 0.416 e. The summed E-state index contributed by atoms with van der Waals surface area (Å²) in [5.41, 5.74) is -0.964. The summed E-state index contributed by atoms with van der Waals surface area (Å²) in [5.74, 6) is 0.410. The normalized spacial score (nSPS) is 17.0. The first-order valence-electron chi connectivity index (χ1n) is 9.49. The van der Waals surface area contributed by atoms with Crippen molar-refractivity contribution in [2.45, 2.75) is 56.6 Å². The highest BCUT2D eigenvalue weighted by atomic mass is 35.5. The minimum Gasteiger partial charge on any atom is -0.376 e. The average molecular weight is 463 g/mol. The number of alkyl halides is 3. The van der Waals surface area contributed by atoms with E-state index in [2.05, 4.69) is 15.5 Å². The highest BCUT2D eigenvalue weighted by Gasteiger charge is 2.31. The number of nitrogens with one attached hydrogen (secondary N) is 1. The van der Waals surface area contributed by atoms with Crippen molar-refractivity contribution in [1.29, 1.82) is 0 Å². The molecule has 6 nitrogen and oxygen atoms in total. The Labute approximate surface area is 181 Å². The van der Waals surface area contributed by atoms with Crippen LogP contribution >= 0.6 is 23.4 Å². The number of aromatic nitrogens is 3. The molecule has 0 radical (unpaired) electrons. The van der Waals surface area contributed by atoms with Crippen LogP contribution in [-0.2, 0) is 22.3 Å². The van der Waals surface area contributed by atoms with Gasteiger partial charge in [-0.05, 0) is 31.0 Å². The minimum atomic E-state index is -4.52. The summed E-state index contributed by atoms with van der Waals surface area (Å²) in [6.07, 6.45) is -2.48. The van der Waals surface area contributed by atoms with Crippen molar-refractivity contribution in [2.24, 2.45) is 0 Å². The fraction of sp³-hybridized carbons (Fsp3) is 0.526. The molecule has 30 heavy (non-hydrogen) atoms. The predicted octanol–water partition coefficient (Wildman–Crippen LogP) is 4.98. The quantitative estimate of drug-likeness (QED) is 0.587. The number of carbonyl (C=O) groups is 1. The van der Waals surface area contributed by atoms with Gasteiger partial charge in [0.25, 0.3) is 0 Å². The van der Waals surface area contributed by atoms with Crippen LogP contribution < -0.4 is 5.32 Å². The molecule has 1 N–H and O–H groups in total. The molecule has 1 fully saturated rings. The number of amides is 1. The van der Waals surface area contributed by atoms with Crippen LogP contribution in [0.5, 0.6) is 0 Å². The summed E-state index contributed by atoms with van der Waals surface area (Å²) in [6.45, 7) is 5.34. The van der Waals surface area contributed by atoms with Crippen molar-refractivity contribution >= 4 is 35.0 Å². The van der Waals surface area contributed by atoms with E-state index in [1.165, 1.54) is 11.8 Å². The zero-order chi connectivity index (χ0) is 21.9. The predicted molar refractivity (Wildman–Crippen MR) is 109 cm³/mol. The van der Waals surface area contributed by atoms with Crippen molar-refractivity contribution in [3.05, 3.63) is 34.6 Å². The maximum Gasteiger partial charge on any atom is 0.416 e. The van der Waals surface area contributed by atoms with E-state index in [0.29, 0.717) is 11.7 Å². The monoisotopic (exact) mass is 462 g/mol. The molecule has 1 saturated heterocycles. The Morgan fingerprint density at radius 2 is 2.17 bits per heavy atom. The van der Waals surface area contributed by atoms with Crippen molar-refractivity contribution in [1.82, 2.24) is 14.8 Å². The van der Waals surface area contributed by atoms with E-state index >= 15 is 0 Å². The number of nitrogens with zero attached hydrogens (tertiary/aromatic N) is 3. The van der Waals surface area contributed by atoms with Crippen LogP contribution in [-0.4, -0.2) is 39.1 Å². The molecule has 0 bridgehead atoms. The maximum atomic E-state index is 12.9. The molecule has 0 spiro atoms. The summed E-state index contributed by atoms with van der Waals surface area (Å²) < 4.78 is 46.3. The fourth-order valence-electron chi connectivity index (χ4n) is 3.11. The van der Waals surface area contributed by atoms with Gasteiger partial charge in [0.2, 0.25) is 5.91 Å². The lowest BCUT2D eigenvalue weighted by Gasteiger charge is -2.16. The molecule has 1 aliphatic heterocycles. The average Bonchev–Trinajstić information content (AvgIpc) is 3.31. The van der Waals surface area contributed by atoms with E-state index in [4.69, 9.17) is 16.3 Å². The van der Waals surface area contributed by atoms with E-state index in [-0.39, 0.29) is 28.5 Å². The first-order valence-corrected chi connectivity index (χ1v) is 10.9. The Morgan fingerprint density at radius 3 is 2.80 bits per heavy atom. The number of thioether (sulfide) groups is 1. The van der Waals surface area contributed by atoms with E-state index in [1.807, 2.05) is 18.4 Å². The number of carbonyl (C=O) groups excluding carboxylic acids is 1. The number of anilines is 1. The Morgan fingerprint density at radius 1 is 1.40 bits per heavy atom. The molecule has 0 aliphatic carbocycles. The van der Waals surface area contributed by atoms with Gasteiger partial charge in [-0.1, -0.05) is 37.2 Å². The molecule has 1 atom stereocenters. The number of ether oxygens (including phenoxy) is 1. The standard InChI is InChI=1S/C19H22ClF3N4O2S/c1-11(2)17-25-26-18(27(17)9-13-4-3-7-29-13)30-10-16(28)24-15-8-12(19(21,22)23)5-6-14(15)20/h5-6,8,11,13H,3-4,7,9-10H2,1-2H3,(H,24,28). The number of benzene rings is 1. The van der Waals surface area contributed by atoms with Gasteiger partial charge in [-0.3, -0.25) is 4.79 Å². The van der Waals surface area contributed by atoms with Gasteiger partial charge in [0.05, 0.1) is 34.7 Å². The lowest BCUT2D eigenvalue weighted by atomic mass is 10.2. The van der Waals surface area contributed by atoms with Gasteiger partial charge < -0.3 is 14.6 Å². The Balaban J connectivity index is 1.68. The minimum absolute atomic E-state index is 0.0324. The van der Waals surface area contributed by atoms with Crippen LogP contribution in [0.1, 0.15) is 44.0 Å². The summed E-state index contributed by atoms with van der Waals surface area (Å²) >= 11 is 7.10. The lowest BCUT2D eigenvalue weighted by molar-refractivity contribution is -0.137. The zero-order valence-electron chi connectivity index (χ0n) is 16.5. The van der Waals surface area contributed by atoms with Crippen molar-refractivity contribution < 1.29 is 22.7 Å². The molecular formula is C19H22ClF3N4O2S. The second-order valence-electron chi connectivity index (χ2n) is 7.27. The van der Waals surface area contributed by atoms with E-state index in [9.17, 15) is 18.0 Å². The van der Waals surface area contributed by atoms with E-state index in [0.717, 1.165) is 43.5 Å². The number of hydrogen-bond donors (Lipinski definition) is 1. The summed E-state index contributed by atoms with van der Waals surface area (Å²) in [5, 5.41) is 11.5. The number of hydrogen-bond acceptors (Lipinski definition) is 5. The highest BCUT2D eigenvalue weighted by Crippen LogP contribution is 2.34. The first-order chi connectivity index (χ1) is 14.1. The van der Waals surface area contributed by atoms with Gasteiger partial charge in [-0.25, -0.2) is 0 Å². The SMILES string of the molecule is CC(C)c1nnc(SCC(=O)Nc2cc(C(F)(F)F)ccc2Cl)n1CC1CCCO1. The Hall–Kier alpha value is -1.78. The molecule has 1 amide bonds. The molecular weight excluding hydrogens is 441 g/mol. The molecule has 3 rings (SSSR count).